The topological polar surface area (TPSA) is 76.0 Å². The molecule has 0 atom stereocenters. The minimum Gasteiger partial charge on any atom is -0.508 e. The van der Waals surface area contributed by atoms with Crippen LogP contribution in [0, 0.1) is 6.92 Å². The molecule has 0 amide bonds. The van der Waals surface area contributed by atoms with Gasteiger partial charge in [0.25, 0.3) is 0 Å². The molecule has 5 nitrogen and oxygen atoms in total. The molecule has 0 aliphatic carbocycles. The van der Waals surface area contributed by atoms with Crippen molar-refractivity contribution in [3.8, 4) is 17.2 Å². The number of methoxy groups -OCH3 is 1. The van der Waals surface area contributed by atoms with E-state index in [-0.39, 0.29) is 29.5 Å². The lowest BCUT2D eigenvalue weighted by molar-refractivity contribution is 0.0918. The van der Waals surface area contributed by atoms with E-state index in [9.17, 15) is 15.0 Å². The second kappa shape index (κ2) is 6.87. The summed E-state index contributed by atoms with van der Waals surface area (Å²) in [6.45, 7) is 5.17. The number of carbonyl (C=O) groups excluding carboxylic acids is 1. The first-order valence-electron chi connectivity index (χ1n) is 6.94. The zero-order valence-electron chi connectivity index (χ0n) is 13.0. The number of phenols is 2. The van der Waals surface area contributed by atoms with Crippen LogP contribution in [-0.2, 0) is 4.74 Å². The molecule has 0 saturated carbocycles. The maximum Gasteiger partial charge on any atom is 0.203 e. The highest BCUT2D eigenvalue weighted by molar-refractivity contribution is 6.00. The second-order valence-electron chi connectivity index (χ2n) is 5.02. The number of ether oxygens (including phenoxy) is 2. The molecule has 0 aliphatic rings. The first-order valence-corrected chi connectivity index (χ1v) is 6.94. The van der Waals surface area contributed by atoms with Crippen molar-refractivity contribution in [2.75, 3.05) is 13.7 Å². The van der Waals surface area contributed by atoms with E-state index >= 15 is 0 Å². The average molecular weight is 314 g/mol. The van der Waals surface area contributed by atoms with E-state index in [1.165, 1.54) is 13.2 Å². The fourth-order valence-corrected chi connectivity index (χ4v) is 2.01. The molecule has 120 valence electrons. The van der Waals surface area contributed by atoms with E-state index in [0.29, 0.717) is 17.1 Å². The fourth-order valence-electron chi connectivity index (χ4n) is 2.01. The lowest BCUT2D eigenvalue weighted by atomic mass is 10.1. The highest BCUT2D eigenvalue weighted by Crippen LogP contribution is 2.27. The highest BCUT2D eigenvalue weighted by Gasteiger charge is 2.14. The summed E-state index contributed by atoms with van der Waals surface area (Å²) in [5, 5.41) is 19.3. The van der Waals surface area contributed by atoms with E-state index in [0.717, 1.165) is 11.6 Å². The lowest BCUT2D eigenvalue weighted by Crippen LogP contribution is -2.12. The predicted octanol–water partition coefficient (Wildman–Crippen LogP) is 3.29. The number of phenolic OH excluding ortho intramolecular Hbond substituents is 2. The van der Waals surface area contributed by atoms with Crippen LogP contribution in [0.4, 0.5) is 0 Å². The van der Waals surface area contributed by atoms with Crippen molar-refractivity contribution in [1.82, 2.24) is 0 Å². The Morgan fingerprint density at radius 1 is 1.17 bits per heavy atom. The van der Waals surface area contributed by atoms with Crippen molar-refractivity contribution in [2.45, 2.75) is 6.92 Å². The molecule has 0 saturated heterocycles. The van der Waals surface area contributed by atoms with Gasteiger partial charge >= 0.3 is 0 Å². The largest absolute Gasteiger partial charge is 0.508 e. The Morgan fingerprint density at radius 3 is 2.61 bits per heavy atom. The van der Waals surface area contributed by atoms with Gasteiger partial charge in [-0.2, -0.15) is 0 Å². The van der Waals surface area contributed by atoms with Crippen molar-refractivity contribution in [3.63, 3.8) is 0 Å². The monoisotopic (exact) mass is 314 g/mol. The number of Topliss-reactive ketones (excluding diaryl/α,β-unsaturated/α-hetero) is 1. The van der Waals surface area contributed by atoms with E-state index < -0.39 is 0 Å². The van der Waals surface area contributed by atoms with Crippen LogP contribution in [0.1, 0.15) is 21.5 Å². The molecule has 0 radical (unpaired) electrons. The van der Waals surface area contributed by atoms with Gasteiger partial charge in [-0.3, -0.25) is 4.79 Å². The number of rotatable bonds is 6. The van der Waals surface area contributed by atoms with Crippen LogP contribution in [0.5, 0.6) is 17.2 Å². The quantitative estimate of drug-likeness (QED) is 0.632. The van der Waals surface area contributed by atoms with Crippen LogP contribution in [0.25, 0.3) is 5.76 Å². The van der Waals surface area contributed by atoms with Crippen LogP contribution >= 0.6 is 0 Å². The smallest absolute Gasteiger partial charge is 0.203 e. The molecular formula is C18H18O5. The molecular weight excluding hydrogens is 296 g/mol. The third-order valence-corrected chi connectivity index (χ3v) is 3.39. The number of ketones is 1. The molecule has 23 heavy (non-hydrogen) atoms. The summed E-state index contributed by atoms with van der Waals surface area (Å²) in [6, 6.07) is 9.57. The van der Waals surface area contributed by atoms with Crippen molar-refractivity contribution < 1.29 is 24.5 Å². The van der Waals surface area contributed by atoms with Gasteiger partial charge in [0.1, 0.15) is 23.0 Å². The van der Waals surface area contributed by atoms with Gasteiger partial charge in [0.2, 0.25) is 5.78 Å². The van der Waals surface area contributed by atoms with Crippen LogP contribution in [0.3, 0.4) is 0 Å². The Morgan fingerprint density at radius 2 is 1.91 bits per heavy atom. The third kappa shape index (κ3) is 3.83. The normalized spacial score (nSPS) is 10.2. The molecule has 0 fully saturated rings. The van der Waals surface area contributed by atoms with E-state index in [4.69, 9.17) is 9.47 Å². The standard InChI is InChI=1S/C18H18O5/c1-11-7-15(17(20)9-16(11)19)18(21)10-23-14-6-4-5-13(8-14)12(2)22-3/h4-9,19-20H,2,10H2,1,3H3. The summed E-state index contributed by atoms with van der Waals surface area (Å²) in [5.74, 6) is 0.258. The average Bonchev–Trinajstić information content (AvgIpc) is 2.55. The van der Waals surface area contributed by atoms with Crippen LogP contribution in [0.2, 0.25) is 0 Å². The third-order valence-electron chi connectivity index (χ3n) is 3.39. The minimum absolute atomic E-state index is 0.0641. The van der Waals surface area contributed by atoms with E-state index in [1.807, 2.05) is 6.07 Å². The molecule has 0 unspecified atom stereocenters. The molecule has 0 bridgehead atoms. The number of carbonyl (C=O) groups is 1. The van der Waals surface area contributed by atoms with E-state index in [1.54, 1.807) is 25.1 Å². The second-order valence-corrected chi connectivity index (χ2v) is 5.02. The van der Waals surface area contributed by atoms with Gasteiger partial charge in [0.15, 0.2) is 6.61 Å². The van der Waals surface area contributed by atoms with Gasteiger partial charge in [0.05, 0.1) is 12.7 Å². The number of benzene rings is 2. The molecule has 5 heteroatoms. The summed E-state index contributed by atoms with van der Waals surface area (Å²) >= 11 is 0. The first-order chi connectivity index (χ1) is 10.9. The SMILES string of the molecule is C=C(OC)c1cccc(OCC(=O)c2cc(C)c(O)cc2O)c1. The fraction of sp³-hybridized carbons (Fsp3) is 0.167. The van der Waals surface area contributed by atoms with Gasteiger partial charge < -0.3 is 19.7 Å². The van der Waals surface area contributed by atoms with Gasteiger partial charge in [-0.25, -0.2) is 0 Å². The zero-order chi connectivity index (χ0) is 17.0. The molecule has 0 spiro atoms. The Kier molecular flexibility index (Phi) is 4.91. The molecule has 2 rings (SSSR count). The maximum atomic E-state index is 12.2. The summed E-state index contributed by atoms with van der Waals surface area (Å²) in [5.41, 5.74) is 1.36. The Hall–Kier alpha value is -2.95. The zero-order valence-corrected chi connectivity index (χ0v) is 13.0. The molecule has 0 aromatic heterocycles. The molecule has 0 heterocycles. The molecule has 2 N–H and O–H groups in total. The van der Waals surface area contributed by atoms with Crippen molar-refractivity contribution in [2.24, 2.45) is 0 Å². The summed E-state index contributed by atoms with van der Waals surface area (Å²) in [7, 11) is 1.52. The number of hydrogen-bond donors (Lipinski definition) is 2. The predicted molar refractivity (Wildman–Crippen MR) is 86.8 cm³/mol. The lowest BCUT2D eigenvalue weighted by Gasteiger charge is -2.10. The van der Waals surface area contributed by atoms with Crippen LogP contribution in [0.15, 0.2) is 43.0 Å². The number of hydrogen-bond acceptors (Lipinski definition) is 5. The summed E-state index contributed by atoms with van der Waals surface area (Å²) < 4.78 is 10.5. The molecule has 2 aromatic carbocycles. The number of aryl methyl sites for hydroxylation is 1. The Labute approximate surface area is 134 Å². The van der Waals surface area contributed by atoms with Gasteiger partial charge in [-0.1, -0.05) is 18.7 Å². The maximum absolute atomic E-state index is 12.2. The minimum atomic E-state index is -0.387. The van der Waals surface area contributed by atoms with E-state index in [2.05, 4.69) is 6.58 Å². The van der Waals surface area contributed by atoms with Gasteiger partial charge in [-0.15, -0.1) is 0 Å². The Balaban J connectivity index is 2.11. The van der Waals surface area contributed by atoms with Gasteiger partial charge in [0, 0.05) is 11.6 Å². The van der Waals surface area contributed by atoms with Crippen molar-refractivity contribution >= 4 is 11.5 Å². The van der Waals surface area contributed by atoms with Crippen molar-refractivity contribution in [3.05, 3.63) is 59.7 Å². The summed E-state index contributed by atoms with van der Waals surface area (Å²) in [4.78, 5) is 12.2. The molecule has 0 aliphatic heterocycles. The molecule has 2 aromatic rings. The Bertz CT molecular complexity index is 749. The summed E-state index contributed by atoms with van der Waals surface area (Å²) in [6.07, 6.45) is 0. The highest BCUT2D eigenvalue weighted by atomic mass is 16.5. The van der Waals surface area contributed by atoms with Crippen molar-refractivity contribution in [1.29, 1.82) is 0 Å². The van der Waals surface area contributed by atoms with Crippen LogP contribution in [-0.4, -0.2) is 29.7 Å². The van der Waals surface area contributed by atoms with Crippen LogP contribution < -0.4 is 4.74 Å². The van der Waals surface area contributed by atoms with Gasteiger partial charge in [-0.05, 0) is 30.7 Å². The first kappa shape index (κ1) is 16.4. The number of aromatic hydroxyl groups is 2.